The van der Waals surface area contributed by atoms with E-state index in [1.54, 1.807) is 6.92 Å². The van der Waals surface area contributed by atoms with Crippen LogP contribution in [0.4, 0.5) is 0 Å². The first-order valence-corrected chi connectivity index (χ1v) is 4.95. The molecule has 2 atom stereocenters. The van der Waals surface area contributed by atoms with Crippen LogP contribution in [-0.2, 0) is 4.79 Å². The number of nitrogens with two attached hydrogens (primary N) is 1. The summed E-state index contributed by atoms with van der Waals surface area (Å²) >= 11 is 0. The predicted molar refractivity (Wildman–Crippen MR) is 53.2 cm³/mol. The summed E-state index contributed by atoms with van der Waals surface area (Å²) < 4.78 is 0. The van der Waals surface area contributed by atoms with Crippen LogP contribution in [0, 0.1) is 17.2 Å². The molecule has 1 amide bonds. The van der Waals surface area contributed by atoms with Crippen LogP contribution >= 0.6 is 0 Å². The van der Waals surface area contributed by atoms with Crippen molar-refractivity contribution in [2.24, 2.45) is 11.7 Å². The summed E-state index contributed by atoms with van der Waals surface area (Å²) in [7, 11) is 0. The fraction of sp³-hybridized carbons (Fsp3) is 0.800. The number of hydrogen-bond donors (Lipinski definition) is 2. The van der Waals surface area contributed by atoms with E-state index < -0.39 is 5.54 Å². The monoisotopic (exact) mass is 195 g/mol. The number of nitriles is 1. The van der Waals surface area contributed by atoms with E-state index >= 15 is 0 Å². The summed E-state index contributed by atoms with van der Waals surface area (Å²) in [5, 5.41) is 11.2. The number of amides is 1. The average molecular weight is 195 g/mol. The van der Waals surface area contributed by atoms with Crippen molar-refractivity contribution in [2.75, 3.05) is 0 Å². The highest BCUT2D eigenvalue weighted by Crippen LogP contribution is 2.38. The van der Waals surface area contributed by atoms with Crippen LogP contribution in [0.3, 0.4) is 0 Å². The van der Waals surface area contributed by atoms with Crippen molar-refractivity contribution < 1.29 is 4.79 Å². The fourth-order valence-corrected chi connectivity index (χ4v) is 1.44. The van der Waals surface area contributed by atoms with Crippen LogP contribution in [0.25, 0.3) is 0 Å². The molecule has 1 saturated carbocycles. The highest BCUT2D eigenvalue weighted by Gasteiger charge is 2.44. The number of nitrogens with zero attached hydrogens (tertiary/aromatic N) is 1. The molecule has 14 heavy (non-hydrogen) atoms. The predicted octanol–water partition coefficient (Wildman–Crippen LogP) is 0.532. The minimum atomic E-state index is -0.760. The van der Waals surface area contributed by atoms with Crippen molar-refractivity contribution in [3.8, 4) is 6.07 Å². The van der Waals surface area contributed by atoms with Crippen LogP contribution in [0.1, 0.15) is 33.1 Å². The molecule has 0 heterocycles. The summed E-state index contributed by atoms with van der Waals surface area (Å²) in [4.78, 5) is 11.7. The molecule has 0 aromatic carbocycles. The number of rotatable bonds is 4. The topological polar surface area (TPSA) is 78.9 Å². The van der Waals surface area contributed by atoms with E-state index in [9.17, 15) is 4.79 Å². The molecule has 1 fully saturated rings. The molecule has 0 saturated heterocycles. The lowest BCUT2D eigenvalue weighted by molar-refractivity contribution is -0.127. The quantitative estimate of drug-likeness (QED) is 0.686. The van der Waals surface area contributed by atoms with Crippen molar-refractivity contribution in [3.63, 3.8) is 0 Å². The van der Waals surface area contributed by atoms with Crippen molar-refractivity contribution in [3.05, 3.63) is 0 Å². The summed E-state index contributed by atoms with van der Waals surface area (Å²) in [5.74, 6) is 0.180. The smallest absolute Gasteiger partial charge is 0.240 e. The van der Waals surface area contributed by atoms with Gasteiger partial charge >= 0.3 is 0 Å². The molecular formula is C10H17N3O. The van der Waals surface area contributed by atoms with Crippen molar-refractivity contribution in [1.29, 1.82) is 5.26 Å². The van der Waals surface area contributed by atoms with Crippen molar-refractivity contribution in [2.45, 2.75) is 44.7 Å². The lowest BCUT2D eigenvalue weighted by Gasteiger charge is -2.24. The second-order valence-electron chi connectivity index (χ2n) is 4.29. The molecular weight excluding hydrogens is 178 g/mol. The van der Waals surface area contributed by atoms with Gasteiger partial charge in [-0.15, -0.1) is 0 Å². The van der Waals surface area contributed by atoms with Gasteiger partial charge in [0.15, 0.2) is 0 Å². The summed E-state index contributed by atoms with van der Waals surface area (Å²) in [6.07, 6.45) is 2.40. The summed E-state index contributed by atoms with van der Waals surface area (Å²) in [6, 6.07) is 1.90. The molecule has 3 N–H and O–H groups in total. The molecule has 0 bridgehead atoms. The Morgan fingerprint density at radius 1 is 1.79 bits per heavy atom. The minimum Gasteiger partial charge on any atom is -0.351 e. The Labute approximate surface area is 84.5 Å². The maximum absolute atomic E-state index is 11.7. The molecule has 1 aliphatic carbocycles. The average Bonchev–Trinajstić information content (AvgIpc) is 2.86. The number of nitrogens with one attached hydrogen (secondary N) is 1. The van der Waals surface area contributed by atoms with Crippen molar-refractivity contribution >= 4 is 5.91 Å². The molecule has 0 radical (unpaired) electrons. The summed E-state index contributed by atoms with van der Waals surface area (Å²) in [5.41, 5.74) is 5.15. The zero-order valence-corrected chi connectivity index (χ0v) is 8.71. The van der Waals surface area contributed by atoms with Crippen LogP contribution in [0.2, 0.25) is 0 Å². The molecule has 0 spiro atoms. The first-order chi connectivity index (χ1) is 6.48. The van der Waals surface area contributed by atoms with E-state index in [-0.39, 0.29) is 11.9 Å². The van der Waals surface area contributed by atoms with E-state index in [0.29, 0.717) is 12.3 Å². The number of carbonyl (C=O) groups excluding carboxylic acids is 1. The Balaban J connectivity index is 2.45. The van der Waals surface area contributed by atoms with Crippen LogP contribution in [0.15, 0.2) is 0 Å². The molecule has 1 rings (SSSR count). The Morgan fingerprint density at radius 2 is 2.36 bits per heavy atom. The van der Waals surface area contributed by atoms with Gasteiger partial charge in [-0.2, -0.15) is 5.26 Å². The first-order valence-electron chi connectivity index (χ1n) is 4.95. The SMILES string of the molecule is CC(CC#N)NC(=O)C(C)(N)C1CC1. The minimum absolute atomic E-state index is 0.117. The number of hydrogen-bond acceptors (Lipinski definition) is 3. The normalized spacial score (nSPS) is 21.9. The molecule has 0 aliphatic heterocycles. The van der Waals surface area contributed by atoms with Gasteiger partial charge in [0, 0.05) is 6.04 Å². The van der Waals surface area contributed by atoms with Gasteiger partial charge in [0.1, 0.15) is 0 Å². The molecule has 4 heteroatoms. The molecule has 4 nitrogen and oxygen atoms in total. The Bertz CT molecular complexity index is 263. The van der Waals surface area contributed by atoms with E-state index in [0.717, 1.165) is 12.8 Å². The van der Waals surface area contributed by atoms with E-state index in [4.69, 9.17) is 11.0 Å². The van der Waals surface area contributed by atoms with Crippen LogP contribution < -0.4 is 11.1 Å². The lowest BCUT2D eigenvalue weighted by atomic mass is 9.96. The molecule has 2 unspecified atom stereocenters. The van der Waals surface area contributed by atoms with Gasteiger partial charge in [0.25, 0.3) is 0 Å². The maximum atomic E-state index is 11.7. The lowest BCUT2D eigenvalue weighted by Crippen LogP contribution is -2.55. The van der Waals surface area contributed by atoms with E-state index in [2.05, 4.69) is 5.32 Å². The molecule has 0 aromatic rings. The largest absolute Gasteiger partial charge is 0.351 e. The maximum Gasteiger partial charge on any atom is 0.240 e. The second kappa shape index (κ2) is 3.97. The molecule has 1 aliphatic rings. The first kappa shape index (κ1) is 11.0. The molecule has 0 aromatic heterocycles. The van der Waals surface area contributed by atoms with Gasteiger partial charge in [-0.25, -0.2) is 0 Å². The van der Waals surface area contributed by atoms with Gasteiger partial charge in [-0.3, -0.25) is 4.79 Å². The Hall–Kier alpha value is -1.08. The van der Waals surface area contributed by atoms with Gasteiger partial charge in [-0.05, 0) is 32.6 Å². The number of carbonyl (C=O) groups is 1. The van der Waals surface area contributed by atoms with Gasteiger partial charge in [0.05, 0.1) is 18.0 Å². The van der Waals surface area contributed by atoms with Crippen LogP contribution in [0.5, 0.6) is 0 Å². The molecule has 78 valence electrons. The van der Waals surface area contributed by atoms with Gasteiger partial charge < -0.3 is 11.1 Å². The Kier molecular flexibility index (Phi) is 3.12. The standard InChI is InChI=1S/C10H17N3O/c1-7(5-6-11)13-9(14)10(2,12)8-3-4-8/h7-8H,3-5,12H2,1-2H3,(H,13,14). The third-order valence-electron chi connectivity index (χ3n) is 2.69. The third-order valence-corrected chi connectivity index (χ3v) is 2.69. The highest BCUT2D eigenvalue weighted by molar-refractivity contribution is 5.86. The van der Waals surface area contributed by atoms with Crippen LogP contribution in [-0.4, -0.2) is 17.5 Å². The fourth-order valence-electron chi connectivity index (χ4n) is 1.44. The second-order valence-corrected chi connectivity index (χ2v) is 4.29. The zero-order valence-electron chi connectivity index (χ0n) is 8.71. The third kappa shape index (κ3) is 2.46. The van der Waals surface area contributed by atoms with Gasteiger partial charge in [-0.1, -0.05) is 0 Å². The Morgan fingerprint density at radius 3 is 2.79 bits per heavy atom. The van der Waals surface area contributed by atoms with Crippen molar-refractivity contribution in [1.82, 2.24) is 5.32 Å². The van der Waals surface area contributed by atoms with E-state index in [1.165, 1.54) is 0 Å². The van der Waals surface area contributed by atoms with Gasteiger partial charge in [0.2, 0.25) is 5.91 Å². The zero-order chi connectivity index (χ0) is 10.8. The van der Waals surface area contributed by atoms with E-state index in [1.807, 2.05) is 13.0 Å². The highest BCUT2D eigenvalue weighted by atomic mass is 16.2. The summed E-state index contributed by atoms with van der Waals surface area (Å²) in [6.45, 7) is 3.57.